The highest BCUT2D eigenvalue weighted by Gasteiger charge is 1.96. The molecule has 0 heterocycles. The van der Waals surface area contributed by atoms with E-state index in [-0.39, 0.29) is 0 Å². The molecule has 0 aromatic carbocycles. The van der Waals surface area contributed by atoms with Crippen LogP contribution < -0.4 is 0 Å². The summed E-state index contributed by atoms with van der Waals surface area (Å²) in [5.74, 6) is 4.55. The van der Waals surface area contributed by atoms with Crippen LogP contribution in [0.25, 0.3) is 0 Å². The molecule has 0 N–H and O–H groups in total. The van der Waals surface area contributed by atoms with Crippen molar-refractivity contribution in [2.24, 2.45) is 11.8 Å². The maximum atomic E-state index is 2.33. The van der Waals surface area contributed by atoms with Crippen LogP contribution in [0.4, 0.5) is 0 Å². The Morgan fingerprint density at radius 3 is 1.71 bits per heavy atom. The van der Waals surface area contributed by atoms with Gasteiger partial charge in [-0.2, -0.15) is 11.8 Å². The molecule has 0 aliphatic carbocycles. The van der Waals surface area contributed by atoms with Crippen LogP contribution in [-0.4, -0.2) is 11.5 Å². The predicted molar refractivity (Wildman–Crippen MR) is 83.9 cm³/mol. The summed E-state index contributed by atoms with van der Waals surface area (Å²) in [6, 6.07) is 0. The standard InChI is InChI=1S/C16H34S/c1-15(2)11-8-6-5-7-9-13-17-14-10-12-16(3)4/h15-16H,5-14H2,1-4H3. The Morgan fingerprint density at radius 2 is 1.06 bits per heavy atom. The average molecular weight is 259 g/mol. The second-order valence-electron chi connectivity index (χ2n) is 6.10. The molecule has 0 aromatic heterocycles. The Morgan fingerprint density at radius 1 is 0.588 bits per heavy atom. The lowest BCUT2D eigenvalue weighted by Crippen LogP contribution is -1.90. The van der Waals surface area contributed by atoms with Gasteiger partial charge in [0.25, 0.3) is 0 Å². The zero-order valence-electron chi connectivity index (χ0n) is 12.6. The van der Waals surface area contributed by atoms with E-state index in [1.807, 2.05) is 0 Å². The first kappa shape index (κ1) is 17.4. The first-order chi connectivity index (χ1) is 8.13. The Hall–Kier alpha value is 0.350. The third kappa shape index (κ3) is 16.4. The van der Waals surface area contributed by atoms with E-state index in [4.69, 9.17) is 0 Å². The van der Waals surface area contributed by atoms with Crippen LogP contribution >= 0.6 is 11.8 Å². The Balaban J connectivity index is 2.94. The third-order valence-electron chi connectivity index (χ3n) is 3.14. The summed E-state index contributed by atoms with van der Waals surface area (Å²) in [5.41, 5.74) is 0. The molecule has 104 valence electrons. The largest absolute Gasteiger partial charge is 0.162 e. The second kappa shape index (κ2) is 12.8. The van der Waals surface area contributed by atoms with Gasteiger partial charge < -0.3 is 0 Å². The molecule has 0 nitrogen and oxygen atoms in total. The molecule has 0 saturated heterocycles. The molecule has 0 amide bonds. The molecule has 0 fully saturated rings. The summed E-state index contributed by atoms with van der Waals surface area (Å²) in [7, 11) is 0. The van der Waals surface area contributed by atoms with Gasteiger partial charge in [0.2, 0.25) is 0 Å². The zero-order chi connectivity index (χ0) is 12.9. The Bertz CT molecular complexity index is 124. The van der Waals surface area contributed by atoms with E-state index in [0.717, 1.165) is 11.8 Å². The molecule has 1 heteroatoms. The van der Waals surface area contributed by atoms with Gasteiger partial charge in [0.15, 0.2) is 0 Å². The molecule has 0 aliphatic rings. The number of hydrogen-bond acceptors (Lipinski definition) is 1. The summed E-state index contributed by atoms with van der Waals surface area (Å²) >= 11 is 2.16. The van der Waals surface area contributed by atoms with E-state index in [9.17, 15) is 0 Å². The van der Waals surface area contributed by atoms with Gasteiger partial charge in [0, 0.05) is 0 Å². The minimum atomic E-state index is 0.886. The van der Waals surface area contributed by atoms with Crippen molar-refractivity contribution in [2.45, 2.75) is 79.1 Å². The molecule has 0 aliphatic heterocycles. The summed E-state index contributed by atoms with van der Waals surface area (Å²) < 4.78 is 0. The van der Waals surface area contributed by atoms with Crippen molar-refractivity contribution in [3.63, 3.8) is 0 Å². The van der Waals surface area contributed by atoms with E-state index < -0.39 is 0 Å². The smallest absolute Gasteiger partial charge is 0.00674 e. The van der Waals surface area contributed by atoms with E-state index in [0.29, 0.717) is 0 Å². The van der Waals surface area contributed by atoms with Gasteiger partial charge in [-0.25, -0.2) is 0 Å². The first-order valence-corrected chi connectivity index (χ1v) is 8.86. The number of rotatable bonds is 12. The molecule has 0 rings (SSSR count). The maximum Gasteiger partial charge on any atom is -0.00674 e. The van der Waals surface area contributed by atoms with Crippen molar-refractivity contribution in [3.05, 3.63) is 0 Å². The van der Waals surface area contributed by atoms with Gasteiger partial charge in [-0.15, -0.1) is 0 Å². The topological polar surface area (TPSA) is 0 Å². The second-order valence-corrected chi connectivity index (χ2v) is 7.32. The van der Waals surface area contributed by atoms with Gasteiger partial charge in [-0.3, -0.25) is 0 Å². The van der Waals surface area contributed by atoms with Crippen molar-refractivity contribution in [1.82, 2.24) is 0 Å². The Kier molecular flexibility index (Phi) is 13.1. The van der Waals surface area contributed by atoms with E-state index >= 15 is 0 Å². The van der Waals surface area contributed by atoms with Gasteiger partial charge in [0.05, 0.1) is 0 Å². The highest BCUT2D eigenvalue weighted by molar-refractivity contribution is 7.99. The Labute approximate surface area is 114 Å². The van der Waals surface area contributed by atoms with Crippen LogP contribution in [0.3, 0.4) is 0 Å². The lowest BCUT2D eigenvalue weighted by molar-refractivity contribution is 0.519. The third-order valence-corrected chi connectivity index (χ3v) is 4.29. The summed E-state index contributed by atoms with van der Waals surface area (Å²) in [4.78, 5) is 0. The van der Waals surface area contributed by atoms with Crippen LogP contribution in [0.2, 0.25) is 0 Å². The van der Waals surface area contributed by atoms with Crippen molar-refractivity contribution < 1.29 is 0 Å². The molecule has 0 bridgehead atoms. The molecule has 0 aromatic rings. The van der Waals surface area contributed by atoms with Gasteiger partial charge in [-0.05, 0) is 36.2 Å². The number of thioether (sulfide) groups is 1. The number of unbranched alkanes of at least 4 members (excludes halogenated alkanes) is 4. The molecule has 0 radical (unpaired) electrons. The van der Waals surface area contributed by atoms with Crippen LogP contribution in [0.5, 0.6) is 0 Å². The molecule has 0 atom stereocenters. The minimum absolute atomic E-state index is 0.886. The lowest BCUT2D eigenvalue weighted by Gasteiger charge is -2.05. The normalized spacial score (nSPS) is 11.6. The van der Waals surface area contributed by atoms with Gasteiger partial charge in [-0.1, -0.05) is 66.2 Å². The minimum Gasteiger partial charge on any atom is -0.162 e. The van der Waals surface area contributed by atoms with E-state index in [1.165, 1.54) is 62.9 Å². The highest BCUT2D eigenvalue weighted by Crippen LogP contribution is 2.14. The molecule has 17 heavy (non-hydrogen) atoms. The van der Waals surface area contributed by atoms with Gasteiger partial charge in [0.1, 0.15) is 0 Å². The SMILES string of the molecule is CC(C)CCCCCCCSCCCC(C)C. The van der Waals surface area contributed by atoms with Crippen LogP contribution in [0.1, 0.15) is 79.1 Å². The zero-order valence-corrected chi connectivity index (χ0v) is 13.5. The first-order valence-electron chi connectivity index (χ1n) is 7.70. The highest BCUT2D eigenvalue weighted by atomic mass is 32.2. The fraction of sp³-hybridized carbons (Fsp3) is 1.00. The van der Waals surface area contributed by atoms with Crippen LogP contribution in [0.15, 0.2) is 0 Å². The predicted octanol–water partition coefficient (Wildman–Crippen LogP) is 6.15. The van der Waals surface area contributed by atoms with Crippen molar-refractivity contribution in [2.75, 3.05) is 11.5 Å². The van der Waals surface area contributed by atoms with Crippen LogP contribution in [0, 0.1) is 11.8 Å². The fourth-order valence-electron chi connectivity index (χ4n) is 1.98. The average Bonchev–Trinajstić information content (AvgIpc) is 2.25. The number of hydrogen-bond donors (Lipinski definition) is 0. The molecule has 0 spiro atoms. The van der Waals surface area contributed by atoms with E-state index in [1.54, 1.807) is 0 Å². The summed E-state index contributed by atoms with van der Waals surface area (Å²) in [6.45, 7) is 9.30. The van der Waals surface area contributed by atoms with Crippen molar-refractivity contribution in [3.8, 4) is 0 Å². The van der Waals surface area contributed by atoms with Gasteiger partial charge >= 0.3 is 0 Å². The summed E-state index contributed by atoms with van der Waals surface area (Å²) in [5, 5.41) is 0. The van der Waals surface area contributed by atoms with E-state index in [2.05, 4.69) is 39.5 Å². The lowest BCUT2D eigenvalue weighted by atomic mass is 10.0. The monoisotopic (exact) mass is 258 g/mol. The molecule has 0 unspecified atom stereocenters. The quantitative estimate of drug-likeness (QED) is 0.378. The van der Waals surface area contributed by atoms with Crippen molar-refractivity contribution >= 4 is 11.8 Å². The van der Waals surface area contributed by atoms with Crippen molar-refractivity contribution in [1.29, 1.82) is 0 Å². The fourth-order valence-corrected chi connectivity index (χ4v) is 2.97. The molecular formula is C16H34S. The summed E-state index contributed by atoms with van der Waals surface area (Å²) in [6.07, 6.45) is 11.5. The molecule has 0 saturated carbocycles. The molecular weight excluding hydrogens is 224 g/mol. The maximum absolute atomic E-state index is 2.33. The van der Waals surface area contributed by atoms with Crippen LogP contribution in [-0.2, 0) is 0 Å².